The Balaban J connectivity index is 2.37. The molecule has 0 aliphatic heterocycles. The third-order valence-electron chi connectivity index (χ3n) is 2.48. The summed E-state index contributed by atoms with van der Waals surface area (Å²) >= 11 is 0. The van der Waals surface area contributed by atoms with Crippen molar-refractivity contribution in [3.63, 3.8) is 0 Å². The third kappa shape index (κ3) is 2.79. The van der Waals surface area contributed by atoms with E-state index in [1.807, 2.05) is 0 Å². The first-order valence-corrected chi connectivity index (χ1v) is 5.40. The Morgan fingerprint density at radius 1 is 1.42 bits per heavy atom. The molecule has 0 unspecified atom stereocenters. The van der Waals surface area contributed by atoms with Crippen LogP contribution in [0.5, 0.6) is 11.5 Å². The van der Waals surface area contributed by atoms with E-state index < -0.39 is 5.97 Å². The van der Waals surface area contributed by atoms with Crippen LogP contribution in [0.4, 0.5) is 10.2 Å². The van der Waals surface area contributed by atoms with E-state index >= 15 is 0 Å². The summed E-state index contributed by atoms with van der Waals surface area (Å²) in [6, 6.07) is 5.32. The van der Waals surface area contributed by atoms with Gasteiger partial charge in [0.15, 0.2) is 5.75 Å². The van der Waals surface area contributed by atoms with E-state index in [2.05, 4.69) is 4.98 Å². The van der Waals surface area contributed by atoms with Crippen molar-refractivity contribution in [2.24, 2.45) is 0 Å². The molecule has 0 radical (unpaired) electrons. The second-order valence-electron chi connectivity index (χ2n) is 3.92. The molecule has 0 saturated heterocycles. The van der Waals surface area contributed by atoms with Crippen LogP contribution < -0.4 is 10.5 Å². The zero-order chi connectivity index (χ0) is 14.0. The molecule has 1 aromatic carbocycles. The normalized spacial score (nSPS) is 10.2. The molecule has 0 aliphatic carbocycles. The number of nitrogen functional groups attached to an aromatic ring is 1. The molecule has 6 heteroatoms. The lowest BCUT2D eigenvalue weighted by atomic mass is 10.2. The number of carboxylic acid groups (broad SMARTS) is 1. The van der Waals surface area contributed by atoms with E-state index in [1.165, 1.54) is 30.5 Å². The zero-order valence-corrected chi connectivity index (χ0v) is 10.1. The number of carbonyl (C=O) groups is 1. The summed E-state index contributed by atoms with van der Waals surface area (Å²) < 4.78 is 18.5. The van der Waals surface area contributed by atoms with Gasteiger partial charge in [-0.05, 0) is 36.8 Å². The zero-order valence-electron chi connectivity index (χ0n) is 10.1. The first kappa shape index (κ1) is 12.8. The van der Waals surface area contributed by atoms with Crippen molar-refractivity contribution in [1.82, 2.24) is 4.98 Å². The summed E-state index contributed by atoms with van der Waals surface area (Å²) in [5.41, 5.74) is 5.72. The van der Waals surface area contributed by atoms with E-state index in [-0.39, 0.29) is 22.9 Å². The van der Waals surface area contributed by atoms with Crippen molar-refractivity contribution in [2.45, 2.75) is 6.92 Å². The molecule has 19 heavy (non-hydrogen) atoms. The topological polar surface area (TPSA) is 85.4 Å². The molecule has 0 saturated carbocycles. The van der Waals surface area contributed by atoms with E-state index in [9.17, 15) is 9.18 Å². The molecule has 1 heterocycles. The number of pyridine rings is 1. The van der Waals surface area contributed by atoms with Gasteiger partial charge in [-0.15, -0.1) is 0 Å². The first-order valence-electron chi connectivity index (χ1n) is 5.40. The largest absolute Gasteiger partial charge is 0.478 e. The van der Waals surface area contributed by atoms with Crippen LogP contribution >= 0.6 is 0 Å². The number of nitrogens with zero attached hydrogens (tertiary/aromatic N) is 1. The monoisotopic (exact) mass is 262 g/mol. The summed E-state index contributed by atoms with van der Waals surface area (Å²) in [7, 11) is 0. The number of hydrogen-bond acceptors (Lipinski definition) is 4. The lowest BCUT2D eigenvalue weighted by molar-refractivity contribution is 0.0694. The van der Waals surface area contributed by atoms with Crippen LogP contribution in [-0.2, 0) is 0 Å². The van der Waals surface area contributed by atoms with Gasteiger partial charge in [0.1, 0.15) is 22.9 Å². The highest BCUT2D eigenvalue weighted by molar-refractivity contribution is 5.91. The van der Waals surface area contributed by atoms with Gasteiger partial charge in [-0.25, -0.2) is 14.2 Å². The highest BCUT2D eigenvalue weighted by atomic mass is 19.1. The average Bonchev–Trinajstić information content (AvgIpc) is 2.36. The summed E-state index contributed by atoms with van der Waals surface area (Å²) in [4.78, 5) is 14.8. The lowest BCUT2D eigenvalue weighted by Gasteiger charge is -2.09. The standard InChI is InChI=1S/C13H11FN2O3/c1-7-4-8(2-3-10(7)14)19-11-6-16-12(15)5-9(11)13(17)18/h2-6H,1H3,(H2,15,16)(H,17,18). The van der Waals surface area contributed by atoms with Gasteiger partial charge >= 0.3 is 5.97 Å². The number of hydrogen-bond donors (Lipinski definition) is 2. The second-order valence-corrected chi connectivity index (χ2v) is 3.92. The Kier molecular flexibility index (Phi) is 3.33. The third-order valence-corrected chi connectivity index (χ3v) is 2.48. The summed E-state index contributed by atoms with van der Waals surface area (Å²) in [6.45, 7) is 1.58. The second kappa shape index (κ2) is 4.93. The lowest BCUT2D eigenvalue weighted by Crippen LogP contribution is -2.03. The van der Waals surface area contributed by atoms with Crippen LogP contribution in [-0.4, -0.2) is 16.1 Å². The maximum Gasteiger partial charge on any atom is 0.339 e. The van der Waals surface area contributed by atoms with E-state index in [1.54, 1.807) is 6.92 Å². The van der Waals surface area contributed by atoms with Gasteiger partial charge in [0.25, 0.3) is 0 Å². The molecule has 0 amide bonds. The fourth-order valence-corrected chi connectivity index (χ4v) is 1.52. The van der Waals surface area contributed by atoms with Crippen molar-refractivity contribution in [3.8, 4) is 11.5 Å². The predicted octanol–water partition coefficient (Wildman–Crippen LogP) is 2.60. The van der Waals surface area contributed by atoms with E-state index in [4.69, 9.17) is 15.6 Å². The molecule has 0 fully saturated rings. The molecular weight excluding hydrogens is 251 g/mol. The van der Waals surface area contributed by atoms with Crippen molar-refractivity contribution in [3.05, 3.63) is 47.4 Å². The number of benzene rings is 1. The number of aromatic carboxylic acids is 1. The fourth-order valence-electron chi connectivity index (χ4n) is 1.52. The van der Waals surface area contributed by atoms with Crippen molar-refractivity contribution < 1.29 is 19.0 Å². The number of anilines is 1. The summed E-state index contributed by atoms with van der Waals surface area (Å²) in [5.74, 6) is -1.08. The Hall–Kier alpha value is -2.63. The van der Waals surface area contributed by atoms with Gasteiger partial charge in [-0.3, -0.25) is 0 Å². The number of aromatic nitrogens is 1. The van der Waals surface area contributed by atoms with Crippen LogP contribution in [0.25, 0.3) is 0 Å². The number of nitrogens with two attached hydrogens (primary N) is 1. The van der Waals surface area contributed by atoms with E-state index in [0.717, 1.165) is 0 Å². The summed E-state index contributed by atoms with van der Waals surface area (Å²) in [6.07, 6.45) is 1.22. The van der Waals surface area contributed by atoms with Crippen LogP contribution in [0.2, 0.25) is 0 Å². The predicted molar refractivity (Wildman–Crippen MR) is 66.8 cm³/mol. The Bertz CT molecular complexity index is 644. The maximum absolute atomic E-state index is 13.1. The molecule has 0 atom stereocenters. The average molecular weight is 262 g/mol. The minimum Gasteiger partial charge on any atom is -0.478 e. The minimum absolute atomic E-state index is 0.0488. The number of ether oxygens (including phenoxy) is 1. The minimum atomic E-state index is -1.18. The fraction of sp³-hybridized carbons (Fsp3) is 0.0769. The Morgan fingerprint density at radius 2 is 2.16 bits per heavy atom. The van der Waals surface area contributed by atoms with Crippen molar-refractivity contribution in [2.75, 3.05) is 5.73 Å². The van der Waals surface area contributed by atoms with Gasteiger partial charge in [0.2, 0.25) is 0 Å². The maximum atomic E-state index is 13.1. The highest BCUT2D eigenvalue weighted by Gasteiger charge is 2.13. The summed E-state index contributed by atoms with van der Waals surface area (Å²) in [5, 5.41) is 9.04. The smallest absolute Gasteiger partial charge is 0.339 e. The van der Waals surface area contributed by atoms with Gasteiger partial charge in [-0.1, -0.05) is 0 Å². The molecule has 0 spiro atoms. The molecule has 98 valence electrons. The SMILES string of the molecule is Cc1cc(Oc2cnc(N)cc2C(=O)O)ccc1F. The number of carboxylic acids is 1. The van der Waals surface area contributed by atoms with Crippen LogP contribution in [0.1, 0.15) is 15.9 Å². The quantitative estimate of drug-likeness (QED) is 0.888. The van der Waals surface area contributed by atoms with Crippen LogP contribution in [0.15, 0.2) is 30.5 Å². The Labute approximate surface area is 108 Å². The van der Waals surface area contributed by atoms with Crippen LogP contribution in [0.3, 0.4) is 0 Å². The first-order chi connectivity index (χ1) is 8.97. The molecule has 1 aromatic heterocycles. The number of halogens is 1. The van der Waals surface area contributed by atoms with Crippen LogP contribution in [0, 0.1) is 12.7 Å². The molecule has 0 aliphatic rings. The molecular formula is C13H11FN2O3. The molecule has 5 nitrogen and oxygen atoms in total. The van der Waals surface area contributed by atoms with Crippen molar-refractivity contribution in [1.29, 1.82) is 0 Å². The number of rotatable bonds is 3. The van der Waals surface area contributed by atoms with Gasteiger partial charge < -0.3 is 15.6 Å². The highest BCUT2D eigenvalue weighted by Crippen LogP contribution is 2.27. The molecule has 0 bridgehead atoms. The van der Waals surface area contributed by atoms with Gasteiger partial charge in [0.05, 0.1) is 6.20 Å². The number of aryl methyl sites for hydroxylation is 1. The molecule has 2 rings (SSSR count). The molecule has 2 aromatic rings. The van der Waals surface area contributed by atoms with Crippen molar-refractivity contribution >= 4 is 11.8 Å². The van der Waals surface area contributed by atoms with Gasteiger partial charge in [0, 0.05) is 0 Å². The van der Waals surface area contributed by atoms with E-state index in [0.29, 0.717) is 11.3 Å². The van der Waals surface area contributed by atoms with Gasteiger partial charge in [-0.2, -0.15) is 0 Å². The Morgan fingerprint density at radius 3 is 2.79 bits per heavy atom. The molecule has 3 N–H and O–H groups in total.